The van der Waals surface area contributed by atoms with Crippen LogP contribution in [0, 0.1) is 5.92 Å². The van der Waals surface area contributed by atoms with Crippen LogP contribution < -0.4 is 10.3 Å². The summed E-state index contributed by atoms with van der Waals surface area (Å²) >= 11 is 0. The van der Waals surface area contributed by atoms with Crippen molar-refractivity contribution in [2.24, 2.45) is 5.92 Å². The highest BCUT2D eigenvalue weighted by atomic mass is 16.5. The average molecular weight is 399 g/mol. The van der Waals surface area contributed by atoms with E-state index in [0.717, 1.165) is 31.6 Å². The Balaban J connectivity index is 1.91. The molecule has 0 fully saturated rings. The van der Waals surface area contributed by atoms with E-state index in [-0.39, 0.29) is 17.9 Å². The molecule has 7 heteroatoms. The van der Waals surface area contributed by atoms with E-state index in [1.54, 1.807) is 17.0 Å². The van der Waals surface area contributed by atoms with E-state index in [1.807, 2.05) is 12.1 Å². The molecule has 1 aliphatic rings. The van der Waals surface area contributed by atoms with Crippen LogP contribution in [0.2, 0.25) is 0 Å². The number of fused-ring (bicyclic) bond motifs is 1. The second-order valence-corrected chi connectivity index (χ2v) is 7.53. The van der Waals surface area contributed by atoms with Gasteiger partial charge in [0.1, 0.15) is 17.9 Å². The molecule has 0 aliphatic carbocycles. The molecule has 0 saturated carbocycles. The normalized spacial score (nSPS) is 15.3. The second kappa shape index (κ2) is 9.69. The summed E-state index contributed by atoms with van der Waals surface area (Å²) in [6.45, 7) is 7.75. The highest BCUT2D eigenvalue weighted by Crippen LogP contribution is 2.25. The van der Waals surface area contributed by atoms with Crippen LogP contribution in [-0.2, 0) is 24.3 Å². The van der Waals surface area contributed by atoms with E-state index in [0.29, 0.717) is 30.1 Å². The zero-order valence-corrected chi connectivity index (χ0v) is 17.4. The number of hydrogen-bond donors (Lipinski definition) is 0. The van der Waals surface area contributed by atoms with Gasteiger partial charge in [-0.1, -0.05) is 26.3 Å². The van der Waals surface area contributed by atoms with E-state index in [9.17, 15) is 9.59 Å². The fourth-order valence-corrected chi connectivity index (χ4v) is 3.63. The summed E-state index contributed by atoms with van der Waals surface area (Å²) in [5.41, 5.74) is 1.75. The molecule has 3 rings (SSSR count). The maximum Gasteiger partial charge on any atom is 0.343 e. The molecule has 2 aromatic rings. The molecule has 156 valence electrons. The molecule has 29 heavy (non-hydrogen) atoms. The molecule has 7 nitrogen and oxygen atoms in total. The van der Waals surface area contributed by atoms with Crippen molar-refractivity contribution in [3.05, 3.63) is 57.8 Å². The summed E-state index contributed by atoms with van der Waals surface area (Å²) in [6.07, 6.45) is 5.09. The van der Waals surface area contributed by atoms with Gasteiger partial charge in [0.05, 0.1) is 7.11 Å². The second-order valence-electron chi connectivity index (χ2n) is 7.53. The number of esters is 1. The number of nitrogens with zero attached hydrogens (tertiary/aromatic N) is 3. The minimum atomic E-state index is -0.481. The van der Waals surface area contributed by atoms with Gasteiger partial charge < -0.3 is 18.9 Å². The minimum Gasteiger partial charge on any atom is -0.488 e. The molecule has 2 aromatic heterocycles. The van der Waals surface area contributed by atoms with Gasteiger partial charge in [-0.2, -0.15) is 0 Å². The lowest BCUT2D eigenvalue weighted by Crippen LogP contribution is -2.32. The Labute approximate surface area is 171 Å². The van der Waals surface area contributed by atoms with Gasteiger partial charge in [0, 0.05) is 62.3 Å². The molecule has 0 aromatic carbocycles. The number of carbonyl (C=O) groups excluding carboxylic acids is 1. The number of carbonyl (C=O) groups is 1. The lowest BCUT2D eigenvalue weighted by Gasteiger charge is -2.22. The average Bonchev–Trinajstić information content (AvgIpc) is 2.95. The van der Waals surface area contributed by atoms with Crippen LogP contribution in [-0.4, -0.2) is 47.2 Å². The third kappa shape index (κ3) is 5.03. The number of hydrogen-bond acceptors (Lipinski definition) is 6. The molecule has 0 amide bonds. The van der Waals surface area contributed by atoms with E-state index in [4.69, 9.17) is 9.47 Å². The Kier molecular flexibility index (Phi) is 7.04. The lowest BCUT2D eigenvalue weighted by molar-refractivity contribution is 0.0592. The van der Waals surface area contributed by atoms with Crippen molar-refractivity contribution in [2.75, 3.05) is 26.7 Å². The van der Waals surface area contributed by atoms with Gasteiger partial charge >= 0.3 is 5.97 Å². The molecule has 3 heterocycles. The SMILES string of the molecule is CCC(C)CN1CCc2c(C(=O)OC)c(OCc3cccnc3)cc(=O)n2CC1. The van der Waals surface area contributed by atoms with Crippen molar-refractivity contribution in [3.8, 4) is 5.75 Å². The maximum absolute atomic E-state index is 12.8. The quantitative estimate of drug-likeness (QED) is 0.666. The molecule has 0 N–H and O–H groups in total. The standard InChI is InChI=1S/C22H29N3O4/c1-4-16(2)14-24-9-7-18-21(22(27)28-3)19(12-20(26)25(18)11-10-24)29-15-17-6-5-8-23-13-17/h5-6,8,12-13,16H,4,7,9-11,14-15H2,1-3H3. The summed E-state index contributed by atoms with van der Waals surface area (Å²) in [5.74, 6) is 0.379. The first-order chi connectivity index (χ1) is 14.0. The smallest absolute Gasteiger partial charge is 0.343 e. The largest absolute Gasteiger partial charge is 0.488 e. The highest BCUT2D eigenvalue weighted by molar-refractivity contribution is 5.93. The number of aromatic nitrogens is 2. The van der Waals surface area contributed by atoms with Crippen molar-refractivity contribution in [2.45, 2.75) is 39.8 Å². The maximum atomic E-state index is 12.8. The van der Waals surface area contributed by atoms with Gasteiger partial charge in [-0.25, -0.2) is 4.79 Å². The van der Waals surface area contributed by atoms with Gasteiger partial charge in [-0.15, -0.1) is 0 Å². The first-order valence-electron chi connectivity index (χ1n) is 10.1. The molecule has 0 bridgehead atoms. The Morgan fingerprint density at radius 1 is 1.31 bits per heavy atom. The molecular weight excluding hydrogens is 370 g/mol. The predicted octanol–water partition coefficient (Wildman–Crippen LogP) is 2.51. The fourth-order valence-electron chi connectivity index (χ4n) is 3.63. The van der Waals surface area contributed by atoms with Crippen molar-refractivity contribution >= 4 is 5.97 Å². The van der Waals surface area contributed by atoms with Crippen LogP contribution >= 0.6 is 0 Å². The van der Waals surface area contributed by atoms with Crippen molar-refractivity contribution < 1.29 is 14.3 Å². The number of methoxy groups -OCH3 is 1. The first-order valence-corrected chi connectivity index (χ1v) is 10.1. The van der Waals surface area contributed by atoms with Crippen LogP contribution in [0.4, 0.5) is 0 Å². The summed E-state index contributed by atoms with van der Waals surface area (Å²) in [7, 11) is 1.35. The summed E-state index contributed by atoms with van der Waals surface area (Å²) in [4.78, 5) is 31.8. The zero-order chi connectivity index (χ0) is 20.8. The van der Waals surface area contributed by atoms with Gasteiger partial charge in [0.2, 0.25) is 0 Å². The third-order valence-electron chi connectivity index (χ3n) is 5.46. The van der Waals surface area contributed by atoms with Crippen LogP contribution in [0.5, 0.6) is 5.75 Å². The fraction of sp³-hybridized carbons (Fsp3) is 0.500. The molecule has 1 atom stereocenters. The van der Waals surface area contributed by atoms with Crippen molar-refractivity contribution in [3.63, 3.8) is 0 Å². The number of pyridine rings is 2. The van der Waals surface area contributed by atoms with E-state index < -0.39 is 5.97 Å². The van der Waals surface area contributed by atoms with Gasteiger partial charge in [-0.3, -0.25) is 9.78 Å². The molecule has 0 spiro atoms. The monoisotopic (exact) mass is 399 g/mol. The van der Waals surface area contributed by atoms with Gasteiger partial charge in [0.15, 0.2) is 0 Å². The number of ether oxygens (including phenoxy) is 2. The summed E-state index contributed by atoms with van der Waals surface area (Å²) in [6, 6.07) is 5.10. The Morgan fingerprint density at radius 2 is 2.14 bits per heavy atom. The Hall–Kier alpha value is -2.67. The van der Waals surface area contributed by atoms with E-state index in [2.05, 4.69) is 23.7 Å². The molecule has 1 aliphatic heterocycles. The topological polar surface area (TPSA) is 73.7 Å². The first kappa shape index (κ1) is 21.0. The molecular formula is C22H29N3O4. The van der Waals surface area contributed by atoms with Crippen molar-refractivity contribution in [1.82, 2.24) is 14.5 Å². The predicted molar refractivity (Wildman–Crippen MR) is 110 cm³/mol. The van der Waals surface area contributed by atoms with Crippen LogP contribution in [0.25, 0.3) is 0 Å². The third-order valence-corrected chi connectivity index (χ3v) is 5.46. The molecule has 0 radical (unpaired) electrons. The van der Waals surface area contributed by atoms with Gasteiger partial charge in [0.25, 0.3) is 5.56 Å². The zero-order valence-electron chi connectivity index (χ0n) is 17.4. The summed E-state index contributed by atoms with van der Waals surface area (Å²) < 4.78 is 12.6. The lowest BCUT2D eigenvalue weighted by atomic mass is 10.1. The molecule has 0 saturated heterocycles. The van der Waals surface area contributed by atoms with E-state index in [1.165, 1.54) is 13.2 Å². The molecule has 1 unspecified atom stereocenters. The van der Waals surface area contributed by atoms with Gasteiger partial charge in [-0.05, 0) is 12.0 Å². The van der Waals surface area contributed by atoms with Crippen LogP contribution in [0.3, 0.4) is 0 Å². The summed E-state index contributed by atoms with van der Waals surface area (Å²) in [5, 5.41) is 0. The Morgan fingerprint density at radius 3 is 2.83 bits per heavy atom. The Bertz CT molecular complexity index is 895. The van der Waals surface area contributed by atoms with E-state index >= 15 is 0 Å². The minimum absolute atomic E-state index is 0.153. The van der Waals surface area contributed by atoms with Crippen molar-refractivity contribution in [1.29, 1.82) is 0 Å². The van der Waals surface area contributed by atoms with Crippen LogP contribution in [0.15, 0.2) is 35.4 Å². The van der Waals surface area contributed by atoms with Crippen LogP contribution in [0.1, 0.15) is 41.9 Å². The number of rotatable bonds is 7. The highest BCUT2D eigenvalue weighted by Gasteiger charge is 2.26.